The van der Waals surface area contributed by atoms with Crippen molar-refractivity contribution in [3.8, 4) is 17.2 Å². The average molecular weight is 575 g/mol. The number of rotatable bonds is 11. The molecule has 1 amide bonds. The highest BCUT2D eigenvalue weighted by atomic mass is 35.5. The Morgan fingerprint density at radius 2 is 1.49 bits per heavy atom. The Bertz CT molecular complexity index is 1420. The Hall–Kier alpha value is -3.43. The van der Waals surface area contributed by atoms with Crippen molar-refractivity contribution >= 4 is 33.2 Å². The van der Waals surface area contributed by atoms with E-state index in [1.165, 1.54) is 32.4 Å². The summed E-state index contributed by atoms with van der Waals surface area (Å²) in [6.45, 7) is 7.51. The highest BCUT2D eigenvalue weighted by Gasteiger charge is 2.29. The maximum atomic E-state index is 13.8. The summed E-state index contributed by atoms with van der Waals surface area (Å²) >= 11 is 6.05. The topological polar surface area (TPSA) is 94.2 Å². The van der Waals surface area contributed by atoms with Crippen LogP contribution in [0, 0.1) is 6.92 Å². The first-order valence-electron chi connectivity index (χ1n) is 12.4. The lowest BCUT2D eigenvalue weighted by Crippen LogP contribution is -2.41. The van der Waals surface area contributed by atoms with Crippen molar-refractivity contribution in [3.63, 3.8) is 0 Å². The molecule has 39 heavy (non-hydrogen) atoms. The molecule has 0 saturated heterocycles. The van der Waals surface area contributed by atoms with Crippen molar-refractivity contribution in [2.24, 2.45) is 0 Å². The first-order valence-corrected chi connectivity index (χ1v) is 14.2. The molecule has 0 aliphatic carbocycles. The molecule has 0 fully saturated rings. The minimum atomic E-state index is -4.18. The number of hydrogen-bond acceptors (Lipinski definition) is 6. The van der Waals surface area contributed by atoms with Crippen LogP contribution >= 0.6 is 11.6 Å². The van der Waals surface area contributed by atoms with Gasteiger partial charge in [0.1, 0.15) is 12.3 Å². The van der Waals surface area contributed by atoms with Crippen LogP contribution in [0.25, 0.3) is 0 Å². The van der Waals surface area contributed by atoms with Crippen molar-refractivity contribution < 1.29 is 27.4 Å². The summed E-state index contributed by atoms with van der Waals surface area (Å²) < 4.78 is 44.8. The molecular formula is C29H35ClN2O6S. The van der Waals surface area contributed by atoms with Crippen molar-refractivity contribution in [1.29, 1.82) is 0 Å². The first kappa shape index (κ1) is 30.1. The molecule has 0 spiro atoms. The Kier molecular flexibility index (Phi) is 9.74. The molecule has 0 aliphatic rings. The second kappa shape index (κ2) is 12.6. The van der Waals surface area contributed by atoms with Crippen molar-refractivity contribution in [3.05, 3.63) is 76.3 Å². The van der Waals surface area contributed by atoms with E-state index in [9.17, 15) is 13.2 Å². The standard InChI is InChI=1S/C29H35ClN2O6S/c1-18(2)24-16-25(19(3)14-27(24)37-6)20(4)31-29(33)17-32(22-10-8-21(30)9-11-22)39(34,35)23-12-13-26(36-5)28(15-23)38-7/h8-16,18,20H,17H2,1-7H3,(H,31,33). The molecule has 0 saturated carbocycles. The number of amides is 1. The number of nitrogens with zero attached hydrogens (tertiary/aromatic N) is 1. The number of ether oxygens (including phenoxy) is 3. The third-order valence-corrected chi connectivity index (χ3v) is 8.45. The van der Waals surface area contributed by atoms with Crippen LogP contribution in [0.5, 0.6) is 17.2 Å². The first-order chi connectivity index (χ1) is 18.4. The number of nitrogens with one attached hydrogen (secondary N) is 1. The second-order valence-corrected chi connectivity index (χ2v) is 11.7. The largest absolute Gasteiger partial charge is 0.496 e. The number of methoxy groups -OCH3 is 3. The van der Waals surface area contributed by atoms with Gasteiger partial charge in [-0.25, -0.2) is 8.42 Å². The van der Waals surface area contributed by atoms with Crippen LogP contribution in [0.2, 0.25) is 5.02 Å². The van der Waals surface area contributed by atoms with Gasteiger partial charge in [-0.15, -0.1) is 0 Å². The molecule has 1 atom stereocenters. The summed E-state index contributed by atoms with van der Waals surface area (Å²) in [5.74, 6) is 1.18. The lowest BCUT2D eigenvalue weighted by Gasteiger charge is -2.26. The number of anilines is 1. The van der Waals surface area contributed by atoms with Gasteiger partial charge in [-0.05, 0) is 85.0 Å². The zero-order chi connectivity index (χ0) is 28.9. The van der Waals surface area contributed by atoms with E-state index in [4.69, 9.17) is 25.8 Å². The summed E-state index contributed by atoms with van der Waals surface area (Å²) in [6.07, 6.45) is 0. The van der Waals surface area contributed by atoms with Crippen LogP contribution in [0.1, 0.15) is 49.4 Å². The maximum absolute atomic E-state index is 13.8. The summed E-state index contributed by atoms with van der Waals surface area (Å²) in [4.78, 5) is 13.3. The summed E-state index contributed by atoms with van der Waals surface area (Å²) in [6, 6.07) is 14.1. The van der Waals surface area contributed by atoms with Crippen LogP contribution in [0.3, 0.4) is 0 Å². The van der Waals surface area contributed by atoms with E-state index in [1.807, 2.05) is 26.0 Å². The zero-order valence-corrected chi connectivity index (χ0v) is 24.8. The molecule has 0 radical (unpaired) electrons. The Labute approximate surface area is 235 Å². The SMILES string of the molecule is COc1ccc(S(=O)(=O)N(CC(=O)NC(C)c2cc(C(C)C)c(OC)cc2C)c2ccc(Cl)cc2)cc1OC. The number of carbonyl (C=O) groups excluding carboxylic acids is 1. The van der Waals surface area contributed by atoms with Gasteiger partial charge in [0.2, 0.25) is 5.91 Å². The lowest BCUT2D eigenvalue weighted by atomic mass is 9.93. The number of aryl methyl sites for hydroxylation is 1. The molecule has 3 aromatic carbocycles. The van der Waals surface area contributed by atoms with E-state index in [2.05, 4.69) is 19.2 Å². The fraction of sp³-hybridized carbons (Fsp3) is 0.345. The number of hydrogen-bond donors (Lipinski definition) is 1. The normalized spacial score (nSPS) is 12.1. The van der Waals surface area contributed by atoms with Crippen LogP contribution in [0.15, 0.2) is 59.5 Å². The van der Waals surface area contributed by atoms with E-state index in [1.54, 1.807) is 31.4 Å². The van der Waals surface area contributed by atoms with Gasteiger partial charge in [-0.1, -0.05) is 25.4 Å². The third kappa shape index (κ3) is 6.78. The van der Waals surface area contributed by atoms with Crippen molar-refractivity contribution in [2.45, 2.75) is 44.6 Å². The molecule has 0 heterocycles. The third-order valence-electron chi connectivity index (χ3n) is 6.43. The van der Waals surface area contributed by atoms with Gasteiger partial charge >= 0.3 is 0 Å². The fourth-order valence-corrected chi connectivity index (χ4v) is 5.90. The maximum Gasteiger partial charge on any atom is 0.264 e. The predicted octanol–water partition coefficient (Wildman–Crippen LogP) is 5.87. The van der Waals surface area contributed by atoms with E-state index in [0.29, 0.717) is 16.5 Å². The molecule has 1 unspecified atom stereocenters. The Morgan fingerprint density at radius 1 is 0.872 bits per heavy atom. The average Bonchev–Trinajstić information content (AvgIpc) is 2.91. The smallest absolute Gasteiger partial charge is 0.264 e. The van der Waals surface area contributed by atoms with Gasteiger partial charge in [-0.2, -0.15) is 0 Å². The number of sulfonamides is 1. The van der Waals surface area contributed by atoms with Crippen molar-refractivity contribution in [1.82, 2.24) is 5.32 Å². The van der Waals surface area contributed by atoms with Crippen molar-refractivity contribution in [2.75, 3.05) is 32.2 Å². The zero-order valence-electron chi connectivity index (χ0n) is 23.2. The summed E-state index contributed by atoms with van der Waals surface area (Å²) in [5.41, 5.74) is 3.20. The lowest BCUT2D eigenvalue weighted by molar-refractivity contribution is -0.120. The van der Waals surface area contributed by atoms with E-state index in [0.717, 1.165) is 26.7 Å². The quantitative estimate of drug-likeness (QED) is 0.308. The molecule has 1 N–H and O–H groups in total. The summed E-state index contributed by atoms with van der Waals surface area (Å²) in [7, 11) is 0.344. The van der Waals surface area contributed by atoms with Crippen LogP contribution in [-0.4, -0.2) is 42.2 Å². The molecule has 8 nitrogen and oxygen atoms in total. The molecular weight excluding hydrogens is 540 g/mol. The second-order valence-electron chi connectivity index (χ2n) is 9.40. The van der Waals surface area contributed by atoms with Gasteiger partial charge in [-0.3, -0.25) is 9.10 Å². The highest BCUT2D eigenvalue weighted by Crippen LogP contribution is 2.34. The monoisotopic (exact) mass is 574 g/mol. The molecule has 0 aromatic heterocycles. The summed E-state index contributed by atoms with van der Waals surface area (Å²) in [5, 5.41) is 3.40. The highest BCUT2D eigenvalue weighted by molar-refractivity contribution is 7.92. The van der Waals surface area contributed by atoms with Gasteiger partial charge in [0.05, 0.1) is 38.0 Å². The van der Waals surface area contributed by atoms with E-state index in [-0.39, 0.29) is 22.6 Å². The molecule has 210 valence electrons. The molecule has 10 heteroatoms. The minimum absolute atomic E-state index is 0.0523. The van der Waals surface area contributed by atoms with Gasteiger partial charge in [0.25, 0.3) is 10.0 Å². The molecule has 3 aromatic rings. The van der Waals surface area contributed by atoms with Gasteiger partial charge in [0.15, 0.2) is 11.5 Å². The van der Waals surface area contributed by atoms with E-state index < -0.39 is 22.5 Å². The molecule has 0 bridgehead atoms. The number of halogens is 1. The van der Waals surface area contributed by atoms with Crippen LogP contribution in [-0.2, 0) is 14.8 Å². The minimum Gasteiger partial charge on any atom is -0.496 e. The van der Waals surface area contributed by atoms with Gasteiger partial charge in [0, 0.05) is 11.1 Å². The molecule has 0 aliphatic heterocycles. The van der Waals surface area contributed by atoms with Gasteiger partial charge < -0.3 is 19.5 Å². The number of benzene rings is 3. The molecule has 3 rings (SSSR count). The van der Waals surface area contributed by atoms with E-state index >= 15 is 0 Å². The Morgan fingerprint density at radius 3 is 2.05 bits per heavy atom. The fourth-order valence-electron chi connectivity index (χ4n) is 4.33. The number of carbonyl (C=O) groups is 1. The Balaban J connectivity index is 1.95. The van der Waals surface area contributed by atoms with Crippen LogP contribution in [0.4, 0.5) is 5.69 Å². The predicted molar refractivity (Wildman–Crippen MR) is 154 cm³/mol. The van der Waals surface area contributed by atoms with Crippen LogP contribution < -0.4 is 23.8 Å².